The molecule has 1 aromatic rings. The molecule has 0 saturated carbocycles. The number of rotatable bonds is 6. The number of nitrogens with one attached hydrogen (secondary N) is 1. The van der Waals surface area contributed by atoms with Crippen LogP contribution in [0.3, 0.4) is 0 Å². The van der Waals surface area contributed by atoms with E-state index in [1.807, 2.05) is 19.9 Å². The van der Waals surface area contributed by atoms with Gasteiger partial charge in [0.05, 0.1) is 7.11 Å². The maximum Gasteiger partial charge on any atom is 0.328 e. The van der Waals surface area contributed by atoms with E-state index in [0.29, 0.717) is 30.6 Å². The van der Waals surface area contributed by atoms with Crippen LogP contribution in [0.15, 0.2) is 24.3 Å². The zero-order chi connectivity index (χ0) is 17.7. The lowest BCUT2D eigenvalue weighted by atomic mass is 10.0. The Morgan fingerprint density at radius 2 is 2.08 bits per heavy atom. The van der Waals surface area contributed by atoms with E-state index in [-0.39, 0.29) is 17.7 Å². The molecule has 0 aromatic heterocycles. The first kappa shape index (κ1) is 18.0. The second-order valence-electron chi connectivity index (χ2n) is 6.38. The molecule has 2 amide bonds. The highest BCUT2D eigenvalue weighted by Gasteiger charge is 2.25. The minimum absolute atomic E-state index is 0.0693. The Kier molecular flexibility index (Phi) is 5.95. The molecule has 1 N–H and O–H groups in total. The van der Waals surface area contributed by atoms with Gasteiger partial charge in [0.2, 0.25) is 5.91 Å². The highest BCUT2D eigenvalue weighted by Crippen LogP contribution is 2.22. The van der Waals surface area contributed by atoms with Crippen molar-refractivity contribution in [2.45, 2.75) is 39.2 Å². The smallest absolute Gasteiger partial charge is 0.328 e. The van der Waals surface area contributed by atoms with Gasteiger partial charge in [0.15, 0.2) is 0 Å². The summed E-state index contributed by atoms with van der Waals surface area (Å²) in [5.74, 6) is -0.495. The Morgan fingerprint density at radius 1 is 1.33 bits per heavy atom. The third-order valence-corrected chi connectivity index (χ3v) is 3.99. The summed E-state index contributed by atoms with van der Waals surface area (Å²) in [6.07, 6.45) is 1.87. The number of esters is 1. The minimum Gasteiger partial charge on any atom is -0.467 e. The van der Waals surface area contributed by atoms with Crippen LogP contribution in [0.4, 0.5) is 5.69 Å². The molecule has 2 rings (SSSR count). The Balaban J connectivity index is 2.13. The van der Waals surface area contributed by atoms with Crippen molar-refractivity contribution in [1.82, 2.24) is 5.32 Å². The van der Waals surface area contributed by atoms with Gasteiger partial charge >= 0.3 is 5.97 Å². The van der Waals surface area contributed by atoms with Crippen molar-refractivity contribution in [2.75, 3.05) is 18.6 Å². The van der Waals surface area contributed by atoms with Gasteiger partial charge in [-0.15, -0.1) is 0 Å². The van der Waals surface area contributed by atoms with Gasteiger partial charge < -0.3 is 15.0 Å². The van der Waals surface area contributed by atoms with Gasteiger partial charge in [-0.25, -0.2) is 4.79 Å². The first-order valence-corrected chi connectivity index (χ1v) is 8.21. The summed E-state index contributed by atoms with van der Waals surface area (Å²) < 4.78 is 4.76. The predicted octanol–water partition coefficient (Wildman–Crippen LogP) is 2.13. The van der Waals surface area contributed by atoms with Crippen LogP contribution in [0.25, 0.3) is 0 Å². The first-order chi connectivity index (χ1) is 11.4. The van der Waals surface area contributed by atoms with Crippen molar-refractivity contribution in [2.24, 2.45) is 5.92 Å². The summed E-state index contributed by atoms with van der Waals surface area (Å²) in [6.45, 7) is 4.62. The second-order valence-corrected chi connectivity index (χ2v) is 6.38. The normalized spacial score (nSPS) is 15.5. The van der Waals surface area contributed by atoms with Crippen LogP contribution in [0.2, 0.25) is 0 Å². The molecular formula is C18H24N2O4. The lowest BCUT2D eigenvalue weighted by molar-refractivity contribution is -0.143. The number of hydrogen-bond donors (Lipinski definition) is 1. The van der Waals surface area contributed by atoms with Crippen LogP contribution >= 0.6 is 0 Å². The summed E-state index contributed by atoms with van der Waals surface area (Å²) in [7, 11) is 1.31. The second kappa shape index (κ2) is 7.95. The van der Waals surface area contributed by atoms with Crippen molar-refractivity contribution >= 4 is 23.5 Å². The summed E-state index contributed by atoms with van der Waals surface area (Å²) in [5, 5.41) is 2.73. The number of carbonyl (C=O) groups is 3. The van der Waals surface area contributed by atoms with Crippen molar-refractivity contribution in [3.8, 4) is 0 Å². The number of ether oxygens (including phenoxy) is 1. The molecule has 1 atom stereocenters. The molecule has 6 nitrogen and oxygen atoms in total. The molecule has 1 fully saturated rings. The summed E-state index contributed by atoms with van der Waals surface area (Å²) in [6, 6.07) is 6.22. The van der Waals surface area contributed by atoms with Gasteiger partial charge in [0.25, 0.3) is 5.91 Å². The van der Waals surface area contributed by atoms with E-state index in [0.717, 1.165) is 6.42 Å². The molecule has 0 spiro atoms. The van der Waals surface area contributed by atoms with Gasteiger partial charge in [-0.2, -0.15) is 0 Å². The van der Waals surface area contributed by atoms with E-state index in [1.165, 1.54) is 7.11 Å². The molecular weight excluding hydrogens is 308 g/mol. The van der Waals surface area contributed by atoms with Gasteiger partial charge in [0.1, 0.15) is 6.04 Å². The van der Waals surface area contributed by atoms with Crippen LogP contribution in [0.1, 0.15) is 43.5 Å². The quantitative estimate of drug-likeness (QED) is 0.810. The summed E-state index contributed by atoms with van der Waals surface area (Å²) in [5.41, 5.74) is 1.13. The summed E-state index contributed by atoms with van der Waals surface area (Å²) >= 11 is 0. The Bertz CT molecular complexity index is 627. The highest BCUT2D eigenvalue weighted by molar-refractivity contribution is 6.00. The number of nitrogens with zero attached hydrogens (tertiary/aromatic N) is 1. The number of carbonyl (C=O) groups excluding carboxylic acids is 3. The average molecular weight is 332 g/mol. The average Bonchev–Trinajstić information content (AvgIpc) is 2.99. The van der Waals surface area contributed by atoms with Crippen LogP contribution in [-0.2, 0) is 14.3 Å². The Hall–Kier alpha value is -2.37. The fourth-order valence-electron chi connectivity index (χ4n) is 2.81. The summed E-state index contributed by atoms with van der Waals surface area (Å²) in [4.78, 5) is 37.9. The molecule has 130 valence electrons. The van der Waals surface area contributed by atoms with E-state index in [2.05, 4.69) is 5.32 Å². The van der Waals surface area contributed by atoms with Crippen LogP contribution in [0, 0.1) is 5.92 Å². The molecule has 0 aliphatic carbocycles. The fourth-order valence-corrected chi connectivity index (χ4v) is 2.81. The SMILES string of the molecule is COC(=O)C(CC(C)C)NC(=O)c1cccc(N2CCCC2=O)c1. The number of amides is 2. The van der Waals surface area contributed by atoms with E-state index < -0.39 is 12.0 Å². The van der Waals surface area contributed by atoms with Gasteiger partial charge in [-0.05, 0) is 37.0 Å². The molecule has 1 aliphatic rings. The largest absolute Gasteiger partial charge is 0.467 e. The first-order valence-electron chi connectivity index (χ1n) is 8.21. The maximum absolute atomic E-state index is 12.5. The predicted molar refractivity (Wildman–Crippen MR) is 90.8 cm³/mol. The van der Waals surface area contributed by atoms with E-state index in [9.17, 15) is 14.4 Å². The van der Waals surface area contributed by atoms with E-state index in [4.69, 9.17) is 4.74 Å². The van der Waals surface area contributed by atoms with Crippen molar-refractivity contribution in [3.05, 3.63) is 29.8 Å². The lowest BCUT2D eigenvalue weighted by Crippen LogP contribution is -2.42. The third-order valence-electron chi connectivity index (χ3n) is 3.99. The number of benzene rings is 1. The van der Waals surface area contributed by atoms with Gasteiger partial charge in [-0.1, -0.05) is 19.9 Å². The molecule has 1 saturated heterocycles. The number of hydrogen-bond acceptors (Lipinski definition) is 4. The van der Waals surface area contributed by atoms with Crippen molar-refractivity contribution < 1.29 is 19.1 Å². The number of methoxy groups -OCH3 is 1. The highest BCUT2D eigenvalue weighted by atomic mass is 16.5. The lowest BCUT2D eigenvalue weighted by Gasteiger charge is -2.19. The Morgan fingerprint density at radius 3 is 2.67 bits per heavy atom. The van der Waals surface area contributed by atoms with Gasteiger partial charge in [0, 0.05) is 24.2 Å². The van der Waals surface area contributed by atoms with Crippen LogP contribution in [-0.4, -0.2) is 37.5 Å². The molecule has 1 heterocycles. The zero-order valence-electron chi connectivity index (χ0n) is 14.4. The van der Waals surface area contributed by atoms with E-state index >= 15 is 0 Å². The standard InChI is InChI=1S/C18H24N2O4/c1-12(2)10-15(18(23)24-3)19-17(22)13-6-4-7-14(11-13)20-9-5-8-16(20)21/h4,6-7,11-12,15H,5,8-10H2,1-3H3,(H,19,22). The fraction of sp³-hybridized carbons (Fsp3) is 0.500. The molecule has 1 aromatic carbocycles. The topological polar surface area (TPSA) is 75.7 Å². The van der Waals surface area contributed by atoms with Gasteiger partial charge in [-0.3, -0.25) is 9.59 Å². The van der Waals surface area contributed by atoms with E-state index in [1.54, 1.807) is 23.1 Å². The monoisotopic (exact) mass is 332 g/mol. The molecule has 24 heavy (non-hydrogen) atoms. The van der Waals surface area contributed by atoms with Crippen molar-refractivity contribution in [3.63, 3.8) is 0 Å². The van der Waals surface area contributed by atoms with Crippen LogP contribution in [0.5, 0.6) is 0 Å². The minimum atomic E-state index is -0.681. The van der Waals surface area contributed by atoms with Crippen molar-refractivity contribution in [1.29, 1.82) is 0 Å². The maximum atomic E-state index is 12.5. The van der Waals surface area contributed by atoms with Crippen LogP contribution < -0.4 is 10.2 Å². The molecule has 6 heteroatoms. The molecule has 0 radical (unpaired) electrons. The molecule has 1 aliphatic heterocycles. The molecule has 1 unspecified atom stereocenters. The Labute approximate surface area is 142 Å². The molecule has 0 bridgehead atoms. The third kappa shape index (κ3) is 4.34. The zero-order valence-corrected chi connectivity index (χ0v) is 14.4. The number of anilines is 1.